The van der Waals surface area contributed by atoms with Crippen molar-refractivity contribution in [3.63, 3.8) is 0 Å². The molecule has 1 fully saturated rings. The molecule has 0 bridgehead atoms. The number of halogens is 1. The number of ether oxygens (including phenoxy) is 1. The molecule has 2 N–H and O–H groups in total. The van der Waals surface area contributed by atoms with Gasteiger partial charge >= 0.3 is 6.09 Å². The molecule has 1 saturated heterocycles. The van der Waals surface area contributed by atoms with Crippen molar-refractivity contribution >= 4 is 38.8 Å². The van der Waals surface area contributed by atoms with Crippen LogP contribution < -0.4 is 5.32 Å². The Balaban J connectivity index is 1.34. The maximum absolute atomic E-state index is 13.1. The molecule has 2 aromatic carbocycles. The second-order valence-corrected chi connectivity index (χ2v) is 10.4. The van der Waals surface area contributed by atoms with Crippen LogP contribution >= 0.6 is 15.9 Å². The van der Waals surface area contributed by atoms with Crippen molar-refractivity contribution in [2.24, 2.45) is 0 Å². The van der Waals surface area contributed by atoms with E-state index in [1.54, 1.807) is 0 Å². The van der Waals surface area contributed by atoms with Gasteiger partial charge in [-0.05, 0) is 68.9 Å². The van der Waals surface area contributed by atoms with Gasteiger partial charge in [0.15, 0.2) is 0 Å². The molecule has 0 spiro atoms. The van der Waals surface area contributed by atoms with Crippen molar-refractivity contribution in [3.8, 4) is 0 Å². The van der Waals surface area contributed by atoms with Crippen LogP contribution in [-0.4, -0.2) is 40.6 Å². The molecule has 1 aliphatic rings. The second-order valence-electron chi connectivity index (χ2n) is 9.55. The van der Waals surface area contributed by atoms with E-state index < -0.39 is 11.7 Å². The molecule has 0 radical (unpaired) electrons. The van der Waals surface area contributed by atoms with Gasteiger partial charge in [0.1, 0.15) is 11.3 Å². The Morgan fingerprint density at radius 3 is 2.55 bits per heavy atom. The summed E-state index contributed by atoms with van der Waals surface area (Å²) in [5, 5.41) is 3.84. The maximum Gasteiger partial charge on any atom is 0.407 e. The maximum atomic E-state index is 13.1. The SMILES string of the molecule is CC(C)(C)OC(=O)NCc1cccc(C2CCN(C(=O)c3cc4c(Br)cccc4[nH]3)CC2)c1. The molecular weight excluding hydrogens is 482 g/mol. The number of amides is 2. The molecule has 2 heterocycles. The number of hydrogen-bond donors (Lipinski definition) is 2. The normalized spacial score (nSPS) is 15.0. The van der Waals surface area contributed by atoms with Gasteiger partial charge in [-0.25, -0.2) is 4.79 Å². The molecule has 1 aliphatic heterocycles. The van der Waals surface area contributed by atoms with Gasteiger partial charge < -0.3 is 19.9 Å². The molecule has 3 aromatic rings. The van der Waals surface area contributed by atoms with Crippen LogP contribution in [0.4, 0.5) is 4.79 Å². The summed E-state index contributed by atoms with van der Waals surface area (Å²) in [5.74, 6) is 0.444. The topological polar surface area (TPSA) is 74.4 Å². The zero-order valence-corrected chi connectivity index (χ0v) is 20.9. The Hall–Kier alpha value is -2.80. The van der Waals surface area contributed by atoms with Crippen LogP contribution in [0.25, 0.3) is 10.9 Å². The summed E-state index contributed by atoms with van der Waals surface area (Å²) < 4.78 is 6.29. The van der Waals surface area contributed by atoms with Gasteiger partial charge in [-0.2, -0.15) is 0 Å². The summed E-state index contributed by atoms with van der Waals surface area (Å²) in [6.07, 6.45) is 1.42. The van der Waals surface area contributed by atoms with Gasteiger partial charge in [0.05, 0.1) is 0 Å². The Kier molecular flexibility index (Phi) is 6.79. The van der Waals surface area contributed by atoms with Crippen molar-refractivity contribution in [3.05, 3.63) is 69.8 Å². The zero-order chi connectivity index (χ0) is 23.6. The average Bonchev–Trinajstić information content (AvgIpc) is 3.22. The highest BCUT2D eigenvalue weighted by Crippen LogP contribution is 2.30. The minimum atomic E-state index is -0.513. The van der Waals surface area contributed by atoms with Gasteiger partial charge in [0.25, 0.3) is 5.91 Å². The van der Waals surface area contributed by atoms with E-state index in [9.17, 15) is 9.59 Å². The predicted molar refractivity (Wildman–Crippen MR) is 133 cm³/mol. The van der Waals surface area contributed by atoms with Crippen LogP contribution in [0.1, 0.15) is 61.1 Å². The van der Waals surface area contributed by atoms with Crippen LogP contribution in [-0.2, 0) is 11.3 Å². The quantitative estimate of drug-likeness (QED) is 0.452. The number of piperidine rings is 1. The number of hydrogen-bond acceptors (Lipinski definition) is 3. The molecule has 7 heteroatoms. The molecule has 0 atom stereocenters. The van der Waals surface area contributed by atoms with Crippen LogP contribution in [0.2, 0.25) is 0 Å². The number of nitrogens with one attached hydrogen (secondary N) is 2. The van der Waals surface area contributed by atoms with E-state index in [1.165, 1.54) is 5.56 Å². The molecule has 0 saturated carbocycles. The monoisotopic (exact) mass is 511 g/mol. The number of alkyl carbamates (subject to hydrolysis) is 1. The van der Waals surface area contributed by atoms with Crippen LogP contribution in [0.3, 0.4) is 0 Å². The first-order chi connectivity index (χ1) is 15.7. The number of carbonyl (C=O) groups is 2. The third kappa shape index (κ3) is 5.77. The number of aromatic amines is 1. The first-order valence-corrected chi connectivity index (χ1v) is 12.1. The smallest absolute Gasteiger partial charge is 0.407 e. The van der Waals surface area contributed by atoms with E-state index in [0.717, 1.165) is 46.9 Å². The first-order valence-electron chi connectivity index (χ1n) is 11.3. The van der Waals surface area contributed by atoms with Gasteiger partial charge in [-0.15, -0.1) is 0 Å². The number of benzene rings is 2. The number of likely N-dealkylation sites (tertiary alicyclic amines) is 1. The Morgan fingerprint density at radius 1 is 1.12 bits per heavy atom. The molecule has 174 valence electrons. The number of H-pyrrole nitrogens is 1. The summed E-state index contributed by atoms with van der Waals surface area (Å²) in [7, 11) is 0. The molecule has 33 heavy (non-hydrogen) atoms. The van der Waals surface area contributed by atoms with Crippen molar-refractivity contribution in [2.75, 3.05) is 13.1 Å². The Morgan fingerprint density at radius 2 is 1.85 bits per heavy atom. The van der Waals surface area contributed by atoms with Crippen LogP contribution in [0.5, 0.6) is 0 Å². The highest BCUT2D eigenvalue weighted by molar-refractivity contribution is 9.10. The van der Waals surface area contributed by atoms with E-state index in [4.69, 9.17) is 4.74 Å². The zero-order valence-electron chi connectivity index (χ0n) is 19.3. The highest BCUT2D eigenvalue weighted by Gasteiger charge is 2.26. The number of aromatic nitrogens is 1. The summed E-state index contributed by atoms with van der Waals surface area (Å²) >= 11 is 3.55. The first kappa shape index (κ1) is 23.4. The van der Waals surface area contributed by atoms with Crippen molar-refractivity contribution in [2.45, 2.75) is 51.7 Å². The molecule has 6 nitrogen and oxygen atoms in total. The summed E-state index contributed by atoms with van der Waals surface area (Å²) in [5.41, 5.74) is 3.37. The van der Waals surface area contributed by atoms with Crippen molar-refractivity contribution in [1.82, 2.24) is 15.2 Å². The second kappa shape index (κ2) is 9.59. The van der Waals surface area contributed by atoms with Gasteiger partial charge in [0.2, 0.25) is 0 Å². The largest absolute Gasteiger partial charge is 0.444 e. The Bertz CT molecular complexity index is 1160. The van der Waals surface area contributed by atoms with Gasteiger partial charge in [-0.3, -0.25) is 4.79 Å². The van der Waals surface area contributed by atoms with Crippen molar-refractivity contribution < 1.29 is 14.3 Å². The fourth-order valence-electron chi connectivity index (χ4n) is 4.27. The highest BCUT2D eigenvalue weighted by atomic mass is 79.9. The molecule has 1 aromatic heterocycles. The lowest BCUT2D eigenvalue weighted by molar-refractivity contribution is 0.0523. The lowest BCUT2D eigenvalue weighted by Crippen LogP contribution is -2.38. The lowest BCUT2D eigenvalue weighted by atomic mass is 9.88. The van der Waals surface area contributed by atoms with E-state index in [0.29, 0.717) is 18.2 Å². The standard InChI is InChI=1S/C26H30BrN3O3/c1-26(2,3)33-25(32)28-16-17-6-4-7-19(14-17)18-10-12-30(13-11-18)24(31)23-15-20-21(27)8-5-9-22(20)29-23/h4-9,14-15,18,29H,10-13,16H2,1-3H3,(H,28,32). The number of fused-ring (bicyclic) bond motifs is 1. The van der Waals surface area contributed by atoms with E-state index in [-0.39, 0.29) is 5.91 Å². The fourth-order valence-corrected chi connectivity index (χ4v) is 4.75. The van der Waals surface area contributed by atoms with E-state index in [2.05, 4.69) is 38.4 Å². The number of carbonyl (C=O) groups excluding carboxylic acids is 2. The predicted octanol–water partition coefficient (Wildman–Crippen LogP) is 5.97. The van der Waals surface area contributed by atoms with Crippen LogP contribution in [0, 0.1) is 0 Å². The van der Waals surface area contributed by atoms with Crippen molar-refractivity contribution in [1.29, 1.82) is 0 Å². The van der Waals surface area contributed by atoms with Gasteiger partial charge in [-0.1, -0.05) is 46.3 Å². The summed E-state index contributed by atoms with van der Waals surface area (Å²) in [6.45, 7) is 7.42. The summed E-state index contributed by atoms with van der Waals surface area (Å²) in [4.78, 5) is 30.2. The number of nitrogens with zero attached hydrogens (tertiary/aromatic N) is 1. The van der Waals surface area contributed by atoms with Crippen LogP contribution in [0.15, 0.2) is 53.0 Å². The van der Waals surface area contributed by atoms with E-state index in [1.807, 2.05) is 62.1 Å². The Labute approximate surface area is 202 Å². The third-order valence-corrected chi connectivity index (χ3v) is 6.57. The molecular formula is C26H30BrN3O3. The summed E-state index contributed by atoms with van der Waals surface area (Å²) in [6, 6.07) is 16.2. The van der Waals surface area contributed by atoms with Gasteiger partial charge in [0, 0.05) is 35.0 Å². The fraction of sp³-hybridized carbons (Fsp3) is 0.385. The molecule has 0 unspecified atom stereocenters. The molecule has 0 aliphatic carbocycles. The minimum Gasteiger partial charge on any atom is -0.444 e. The molecule has 4 rings (SSSR count). The number of rotatable bonds is 4. The lowest BCUT2D eigenvalue weighted by Gasteiger charge is -2.32. The minimum absolute atomic E-state index is 0.0480. The third-order valence-electron chi connectivity index (χ3n) is 5.88. The average molecular weight is 512 g/mol. The van der Waals surface area contributed by atoms with E-state index >= 15 is 0 Å². The molecule has 2 amide bonds.